The Balaban J connectivity index is 0.000000359. The summed E-state index contributed by atoms with van der Waals surface area (Å²) in [6.45, 7) is 1.89. The minimum Gasteiger partial charge on any atom is -0.875 e. The molecule has 0 spiro atoms. The van der Waals surface area contributed by atoms with Crippen LogP contribution in [0.4, 0.5) is 0 Å². The molecule has 0 N–H and O–H groups in total. The van der Waals surface area contributed by atoms with Gasteiger partial charge in [-0.15, -0.1) is 11.3 Å². The first-order chi connectivity index (χ1) is 8.88. The van der Waals surface area contributed by atoms with Crippen molar-refractivity contribution in [2.24, 2.45) is 0 Å². The Morgan fingerprint density at radius 1 is 1.30 bits per heavy atom. The van der Waals surface area contributed by atoms with Gasteiger partial charge in [0, 0.05) is 0 Å². The number of allylic oxidation sites excluding steroid dienone is 6. The van der Waals surface area contributed by atoms with Crippen molar-refractivity contribution in [2.75, 3.05) is 0 Å². The third kappa shape index (κ3) is 8.80. The van der Waals surface area contributed by atoms with E-state index >= 15 is 0 Å². The van der Waals surface area contributed by atoms with Crippen LogP contribution in [0.1, 0.15) is 12.5 Å². The topological polar surface area (TPSA) is 32.3 Å². The monoisotopic (exact) mass is 374 g/mol. The molecule has 0 saturated carbocycles. The molecule has 0 unspecified atom stereocenters. The summed E-state index contributed by atoms with van der Waals surface area (Å²) in [7, 11) is 0. The predicted octanol–water partition coefficient (Wildman–Crippen LogP) is 3.99. The summed E-state index contributed by atoms with van der Waals surface area (Å²) in [5.74, 6) is 0.134. The minimum absolute atomic E-state index is 0. The van der Waals surface area contributed by atoms with Crippen molar-refractivity contribution >= 4 is 34.8 Å². The molecule has 0 fully saturated rings. The fourth-order valence-electron chi connectivity index (χ4n) is 1.28. The van der Waals surface area contributed by atoms with Gasteiger partial charge in [-0.1, -0.05) is 66.0 Å². The van der Waals surface area contributed by atoms with Crippen LogP contribution in [0.25, 0.3) is 0 Å². The first-order valence-electron chi connectivity index (χ1n) is 5.52. The van der Waals surface area contributed by atoms with Gasteiger partial charge < -0.3 is 9.84 Å². The normalized spacial score (nSPS) is 12.7. The van der Waals surface area contributed by atoms with Crippen molar-refractivity contribution in [2.45, 2.75) is 17.5 Å². The summed E-state index contributed by atoms with van der Waals surface area (Å²) in [6.07, 6.45) is 7.33. The van der Waals surface area contributed by atoms with Gasteiger partial charge in [-0.3, -0.25) is 0 Å². The maximum atomic E-state index is 10.5. The Morgan fingerprint density at radius 3 is 2.25 bits per heavy atom. The van der Waals surface area contributed by atoms with Crippen LogP contribution >= 0.6 is 34.8 Å². The summed E-state index contributed by atoms with van der Waals surface area (Å²) in [6, 6.07) is 7.60. The van der Waals surface area contributed by atoms with Gasteiger partial charge in [0.05, 0.1) is 6.61 Å². The van der Waals surface area contributed by atoms with Crippen LogP contribution in [0.3, 0.4) is 0 Å². The maximum Gasteiger partial charge on any atom is 2.00 e. The second-order valence-electron chi connectivity index (χ2n) is 3.76. The summed E-state index contributed by atoms with van der Waals surface area (Å²) in [5.41, 5.74) is 1.79. The van der Waals surface area contributed by atoms with Gasteiger partial charge >= 0.3 is 17.1 Å². The quantitative estimate of drug-likeness (QED) is 0.339. The zero-order valence-corrected chi connectivity index (χ0v) is 14.0. The molecule has 0 heterocycles. The molecule has 0 aromatic heterocycles. The van der Waals surface area contributed by atoms with Crippen molar-refractivity contribution in [3.05, 3.63) is 65.5 Å². The molecule has 20 heavy (non-hydrogen) atoms. The standard InChI is InChI=1S/C7H6Cl3O.C7H8O.Fe/c8-7(9,10)11-5-6-3-1-2-4-6;1-6(8)7-4-2-3-5-7;/h1-4H,5H2;2-5,8H,1H3;/q-1;;+2/p-1. The van der Waals surface area contributed by atoms with E-state index in [1.165, 1.54) is 0 Å². The van der Waals surface area contributed by atoms with Gasteiger partial charge in [-0.2, -0.15) is 12.1 Å². The summed E-state index contributed by atoms with van der Waals surface area (Å²) in [5, 5.41) is 10.5. The number of ether oxygens (including phenoxy) is 1. The average Bonchev–Trinajstić information content (AvgIpc) is 3.00. The molecule has 2 nitrogen and oxygen atoms in total. The van der Waals surface area contributed by atoms with E-state index in [2.05, 4.69) is 0 Å². The third-order valence-corrected chi connectivity index (χ3v) is 2.53. The molecule has 1 aromatic rings. The molecule has 6 heteroatoms. The van der Waals surface area contributed by atoms with Crippen LogP contribution < -0.4 is 5.11 Å². The van der Waals surface area contributed by atoms with Gasteiger partial charge in [0.25, 0.3) is 3.98 Å². The van der Waals surface area contributed by atoms with Crippen LogP contribution in [0.15, 0.2) is 59.9 Å². The molecule has 0 atom stereocenters. The second-order valence-corrected chi connectivity index (χ2v) is 5.93. The molecule has 2 rings (SSSR count). The summed E-state index contributed by atoms with van der Waals surface area (Å²) in [4.78, 5) is 0. The summed E-state index contributed by atoms with van der Waals surface area (Å²) < 4.78 is 3.26. The van der Waals surface area contributed by atoms with Gasteiger partial charge in [-0.05, 0) is 5.57 Å². The number of hydrogen-bond donors (Lipinski definition) is 0. The molecule has 1 aliphatic carbocycles. The van der Waals surface area contributed by atoms with Crippen LogP contribution in [-0.2, 0) is 28.4 Å². The molecule has 0 amide bonds. The number of halogens is 3. The van der Waals surface area contributed by atoms with E-state index < -0.39 is 3.98 Å². The van der Waals surface area contributed by atoms with Gasteiger partial charge in [0.2, 0.25) is 0 Å². The Bertz CT molecular complexity index is 453. The Hall–Kier alpha value is -0.281. The summed E-state index contributed by atoms with van der Waals surface area (Å²) >= 11 is 16.1. The smallest absolute Gasteiger partial charge is 0.875 e. The number of rotatable bonds is 2. The molecule has 1 aromatic carbocycles. The number of alkyl halides is 3. The van der Waals surface area contributed by atoms with Crippen molar-refractivity contribution in [1.29, 1.82) is 0 Å². The van der Waals surface area contributed by atoms with E-state index in [0.717, 1.165) is 11.1 Å². The fraction of sp³-hybridized carbons (Fsp3) is 0.214. The molecule has 110 valence electrons. The van der Waals surface area contributed by atoms with Crippen LogP contribution in [0.5, 0.6) is 0 Å². The molecule has 0 radical (unpaired) electrons. The third-order valence-electron chi connectivity index (χ3n) is 2.20. The van der Waals surface area contributed by atoms with Crippen molar-refractivity contribution in [3.8, 4) is 0 Å². The van der Waals surface area contributed by atoms with Gasteiger partial charge in [0.15, 0.2) is 0 Å². The van der Waals surface area contributed by atoms with Crippen LogP contribution in [-0.4, -0.2) is 3.98 Å². The Labute approximate surface area is 144 Å². The molecular weight excluding hydrogens is 362 g/mol. The molecule has 0 bridgehead atoms. The minimum atomic E-state index is -1.61. The SMILES string of the molecule is CC([O-])=C1C=CC=C1.ClC(Cl)(Cl)OCc1ccc[cH-]1.[Fe+2]. The molecule has 0 saturated heterocycles. The predicted molar refractivity (Wildman–Crippen MR) is 78.1 cm³/mol. The van der Waals surface area contributed by atoms with Crippen LogP contribution in [0.2, 0.25) is 0 Å². The Morgan fingerprint density at radius 2 is 1.90 bits per heavy atom. The first kappa shape index (κ1) is 19.7. The largest absolute Gasteiger partial charge is 2.00 e. The molecule has 1 aliphatic rings. The van der Waals surface area contributed by atoms with Crippen molar-refractivity contribution in [1.82, 2.24) is 0 Å². The second kappa shape index (κ2) is 9.62. The molecular formula is C14H13Cl3FeO2. The van der Waals surface area contributed by atoms with Crippen molar-refractivity contribution in [3.63, 3.8) is 0 Å². The van der Waals surface area contributed by atoms with Gasteiger partial charge in [-0.25, -0.2) is 12.1 Å². The molecule has 0 aliphatic heterocycles. The number of hydrogen-bond acceptors (Lipinski definition) is 2. The Kier molecular flexibility index (Phi) is 9.48. The fourth-order valence-corrected chi connectivity index (χ4v) is 1.45. The van der Waals surface area contributed by atoms with E-state index in [4.69, 9.17) is 39.5 Å². The van der Waals surface area contributed by atoms with E-state index in [1.54, 1.807) is 6.92 Å². The van der Waals surface area contributed by atoms with Crippen molar-refractivity contribution < 1.29 is 26.9 Å². The maximum absolute atomic E-state index is 10.5. The first-order valence-corrected chi connectivity index (χ1v) is 6.66. The van der Waals surface area contributed by atoms with E-state index in [0.29, 0.717) is 6.61 Å². The van der Waals surface area contributed by atoms with Gasteiger partial charge in [0.1, 0.15) is 0 Å². The van der Waals surface area contributed by atoms with Crippen LogP contribution in [0, 0.1) is 0 Å². The zero-order valence-electron chi connectivity index (χ0n) is 10.6. The average molecular weight is 375 g/mol. The van der Waals surface area contributed by atoms with E-state index in [9.17, 15) is 5.11 Å². The van der Waals surface area contributed by atoms with E-state index in [1.807, 2.05) is 48.6 Å². The zero-order chi connectivity index (χ0) is 14.3. The van der Waals surface area contributed by atoms with E-state index in [-0.39, 0.29) is 22.8 Å².